The maximum absolute atomic E-state index is 14.2. The van der Waals surface area contributed by atoms with Gasteiger partial charge in [0.1, 0.15) is 0 Å². The lowest BCUT2D eigenvalue weighted by atomic mass is 9.79. The molecule has 2 heterocycles. The van der Waals surface area contributed by atoms with Gasteiger partial charge in [0.2, 0.25) is 5.91 Å². The van der Waals surface area contributed by atoms with Gasteiger partial charge in [-0.15, -0.1) is 0 Å². The number of urea groups is 1. The van der Waals surface area contributed by atoms with E-state index in [1.54, 1.807) is 0 Å². The fraction of sp³-hybridized carbons (Fsp3) is 0.375. The molecule has 3 aliphatic rings. The Bertz CT molecular complexity index is 1400. The molecule has 3 amide bonds. The summed E-state index contributed by atoms with van der Waals surface area (Å²) in [6, 6.07) is 22.0. The number of likely N-dealkylation sites (tertiary alicyclic amines) is 1. The number of alkyl halides is 3. The van der Waals surface area contributed by atoms with Gasteiger partial charge in [-0.2, -0.15) is 13.2 Å². The third-order valence-electron chi connectivity index (χ3n) is 8.77. The molecule has 6 nitrogen and oxygen atoms in total. The molecule has 0 bridgehead atoms. The van der Waals surface area contributed by atoms with Gasteiger partial charge in [-0.3, -0.25) is 4.79 Å². The highest BCUT2D eigenvalue weighted by molar-refractivity contribution is 5.90. The Kier molecular flexibility index (Phi) is 7.36. The lowest BCUT2D eigenvalue weighted by Crippen LogP contribution is -2.51. The summed E-state index contributed by atoms with van der Waals surface area (Å²) in [5, 5.41) is 9.32. The normalized spacial score (nSPS) is 25.4. The number of nitrogens with zero attached hydrogens (tertiary/aromatic N) is 1. The van der Waals surface area contributed by atoms with Crippen LogP contribution in [0.2, 0.25) is 0 Å². The van der Waals surface area contributed by atoms with E-state index in [0.29, 0.717) is 19.4 Å². The Morgan fingerprint density at radius 2 is 1.56 bits per heavy atom. The van der Waals surface area contributed by atoms with Crippen molar-refractivity contribution in [1.82, 2.24) is 10.2 Å². The first-order valence-electron chi connectivity index (χ1n) is 14.3. The maximum Gasteiger partial charge on any atom is 0.416 e. The van der Waals surface area contributed by atoms with Crippen LogP contribution >= 0.6 is 0 Å². The summed E-state index contributed by atoms with van der Waals surface area (Å²) >= 11 is 0. The third-order valence-corrected chi connectivity index (χ3v) is 8.77. The van der Waals surface area contributed by atoms with Gasteiger partial charge in [-0.05, 0) is 60.7 Å². The van der Waals surface area contributed by atoms with Crippen molar-refractivity contribution in [1.29, 1.82) is 0 Å². The van der Waals surface area contributed by atoms with E-state index in [4.69, 9.17) is 0 Å². The lowest BCUT2D eigenvalue weighted by Gasteiger charge is -2.42. The molecule has 214 valence electrons. The van der Waals surface area contributed by atoms with Crippen LogP contribution in [0.3, 0.4) is 0 Å². The number of halogens is 3. The minimum Gasteiger partial charge on any atom is -0.378 e. The van der Waals surface area contributed by atoms with E-state index >= 15 is 0 Å². The summed E-state index contributed by atoms with van der Waals surface area (Å²) in [5.41, 5.74) is 2.84. The summed E-state index contributed by atoms with van der Waals surface area (Å²) in [7, 11) is 0. The summed E-state index contributed by atoms with van der Waals surface area (Å²) in [6.07, 6.45) is -0.424. The van der Waals surface area contributed by atoms with Crippen LogP contribution in [0.1, 0.15) is 60.9 Å². The van der Waals surface area contributed by atoms with Crippen molar-refractivity contribution < 1.29 is 22.8 Å². The molecular weight excluding hydrogens is 529 g/mol. The maximum atomic E-state index is 14.2. The molecule has 0 spiro atoms. The molecule has 41 heavy (non-hydrogen) atoms. The van der Waals surface area contributed by atoms with Gasteiger partial charge in [0.15, 0.2) is 0 Å². The minimum absolute atomic E-state index is 0.0561. The molecule has 3 aromatic carbocycles. The average molecular weight is 563 g/mol. The Morgan fingerprint density at radius 3 is 2.32 bits per heavy atom. The van der Waals surface area contributed by atoms with Crippen molar-refractivity contribution in [3.05, 3.63) is 95.6 Å². The van der Waals surface area contributed by atoms with Crippen LogP contribution in [0.25, 0.3) is 0 Å². The van der Waals surface area contributed by atoms with E-state index in [-0.39, 0.29) is 41.6 Å². The number of benzene rings is 3. The molecular formula is C32H33F3N4O2. The van der Waals surface area contributed by atoms with Gasteiger partial charge in [0, 0.05) is 29.9 Å². The van der Waals surface area contributed by atoms with Crippen LogP contribution in [-0.2, 0) is 11.0 Å². The zero-order chi connectivity index (χ0) is 28.6. The van der Waals surface area contributed by atoms with E-state index in [1.165, 1.54) is 17.7 Å². The second-order valence-corrected chi connectivity index (χ2v) is 11.2. The largest absolute Gasteiger partial charge is 0.416 e. The molecule has 0 aromatic heterocycles. The van der Waals surface area contributed by atoms with Crippen molar-refractivity contribution in [2.45, 2.75) is 56.4 Å². The van der Waals surface area contributed by atoms with E-state index < -0.39 is 17.8 Å². The van der Waals surface area contributed by atoms with Gasteiger partial charge in [0.05, 0.1) is 23.6 Å². The monoisotopic (exact) mass is 562 g/mol. The second kappa shape index (κ2) is 11.1. The van der Waals surface area contributed by atoms with Crippen LogP contribution in [0, 0.1) is 11.8 Å². The summed E-state index contributed by atoms with van der Waals surface area (Å²) in [5.74, 6) is -0.0900. The Morgan fingerprint density at radius 1 is 0.854 bits per heavy atom. The SMILES string of the molecule is O=C(Nc1ccc(C(F)(F)F)cc1)N[C@@H]1CCCC[C@@H]1C(=O)N1CC[C@@H]2[C@H](c3ccccc3)Nc3ccccc3[C@@H]21. The van der Waals surface area contributed by atoms with E-state index in [2.05, 4.69) is 40.2 Å². The van der Waals surface area contributed by atoms with Gasteiger partial charge in [0.25, 0.3) is 0 Å². The van der Waals surface area contributed by atoms with Crippen molar-refractivity contribution >= 4 is 23.3 Å². The molecule has 1 aliphatic carbocycles. The summed E-state index contributed by atoms with van der Waals surface area (Å²) in [4.78, 5) is 29.1. The van der Waals surface area contributed by atoms with E-state index in [1.807, 2.05) is 35.2 Å². The number of carbonyl (C=O) groups is 2. The number of para-hydroxylation sites is 1. The fourth-order valence-corrected chi connectivity index (χ4v) is 6.85. The molecule has 2 fully saturated rings. The second-order valence-electron chi connectivity index (χ2n) is 11.2. The number of hydrogen-bond acceptors (Lipinski definition) is 3. The fourth-order valence-electron chi connectivity index (χ4n) is 6.85. The lowest BCUT2D eigenvalue weighted by molar-refractivity contribution is -0.139. The number of fused-ring (bicyclic) bond motifs is 3. The van der Waals surface area contributed by atoms with Gasteiger partial charge >= 0.3 is 12.2 Å². The van der Waals surface area contributed by atoms with E-state index in [9.17, 15) is 22.8 Å². The third kappa shape index (κ3) is 5.49. The predicted octanol–water partition coefficient (Wildman–Crippen LogP) is 7.14. The zero-order valence-electron chi connectivity index (χ0n) is 22.5. The number of anilines is 2. The molecule has 1 saturated heterocycles. The molecule has 0 radical (unpaired) electrons. The standard InChI is InChI=1S/C32H33F3N4O2/c33-32(34,35)21-14-16-22(17-15-21)36-31(41)38-27-13-7-5-11-24(27)30(40)39-19-18-25-28(20-8-2-1-3-9-20)37-26-12-6-4-10-23(26)29(25)39/h1-4,6,8-10,12,14-17,24-25,27-29,37H,5,7,11,13,18-19H2,(H2,36,38,41)/t24-,25+,27+,28-,29-/m0/s1. The molecule has 1 saturated carbocycles. The Hall–Kier alpha value is -4.01. The average Bonchev–Trinajstić information content (AvgIpc) is 3.43. The summed E-state index contributed by atoms with van der Waals surface area (Å²) < 4.78 is 38.7. The first-order chi connectivity index (χ1) is 19.8. The quantitative estimate of drug-likeness (QED) is 0.316. The minimum atomic E-state index is -4.44. The van der Waals surface area contributed by atoms with Crippen molar-refractivity contribution in [3.8, 4) is 0 Å². The molecule has 6 rings (SSSR count). The van der Waals surface area contributed by atoms with Crippen LogP contribution < -0.4 is 16.0 Å². The predicted molar refractivity (Wildman–Crippen MR) is 151 cm³/mol. The Labute approximate surface area is 237 Å². The van der Waals surface area contributed by atoms with Gasteiger partial charge in [-0.1, -0.05) is 61.4 Å². The number of rotatable bonds is 4. The molecule has 3 N–H and O–H groups in total. The topological polar surface area (TPSA) is 73.5 Å². The molecule has 5 atom stereocenters. The zero-order valence-corrected chi connectivity index (χ0v) is 22.5. The molecule has 3 aromatic rings. The first-order valence-corrected chi connectivity index (χ1v) is 14.3. The van der Waals surface area contributed by atoms with Crippen LogP contribution in [0.4, 0.5) is 29.3 Å². The number of amides is 3. The number of carbonyl (C=O) groups excluding carboxylic acids is 2. The van der Waals surface area contributed by atoms with Crippen molar-refractivity contribution in [3.63, 3.8) is 0 Å². The van der Waals surface area contributed by atoms with Crippen molar-refractivity contribution in [2.75, 3.05) is 17.2 Å². The highest BCUT2D eigenvalue weighted by Crippen LogP contribution is 2.51. The van der Waals surface area contributed by atoms with Gasteiger partial charge in [-0.25, -0.2) is 4.79 Å². The first kappa shape index (κ1) is 27.2. The number of nitrogens with one attached hydrogen (secondary N) is 3. The molecule has 0 unspecified atom stereocenters. The highest BCUT2D eigenvalue weighted by Gasteiger charge is 2.48. The van der Waals surface area contributed by atoms with Crippen molar-refractivity contribution in [2.24, 2.45) is 11.8 Å². The molecule has 9 heteroatoms. The van der Waals surface area contributed by atoms with Gasteiger partial charge < -0.3 is 20.9 Å². The van der Waals surface area contributed by atoms with E-state index in [0.717, 1.165) is 42.6 Å². The Balaban J connectivity index is 1.19. The van der Waals surface area contributed by atoms with Crippen LogP contribution in [0.5, 0.6) is 0 Å². The highest BCUT2D eigenvalue weighted by atomic mass is 19.4. The summed E-state index contributed by atoms with van der Waals surface area (Å²) in [6.45, 7) is 0.647. The smallest absolute Gasteiger partial charge is 0.378 e. The van der Waals surface area contributed by atoms with Crippen LogP contribution in [-0.4, -0.2) is 29.4 Å². The van der Waals surface area contributed by atoms with Crippen LogP contribution in [0.15, 0.2) is 78.9 Å². The number of hydrogen-bond donors (Lipinski definition) is 3. The molecule has 2 aliphatic heterocycles.